The van der Waals surface area contributed by atoms with Crippen LogP contribution in [0.4, 0.5) is 0 Å². The Bertz CT molecular complexity index is 495. The first kappa shape index (κ1) is 11.8. The van der Waals surface area contributed by atoms with E-state index in [1.807, 2.05) is 22.9 Å². The van der Waals surface area contributed by atoms with E-state index in [9.17, 15) is 5.26 Å². The largest absolute Gasteiger partial charge is 0.333 e. The molecule has 0 bridgehead atoms. The van der Waals surface area contributed by atoms with Gasteiger partial charge in [-0.3, -0.25) is 5.32 Å². The molecule has 1 N–H and O–H groups in total. The monoisotopic (exact) mass is 246 g/mol. The summed E-state index contributed by atoms with van der Waals surface area (Å²) >= 11 is 1.69. The molecule has 0 aromatic carbocycles. The van der Waals surface area contributed by atoms with Crippen LogP contribution < -0.4 is 5.32 Å². The van der Waals surface area contributed by atoms with Crippen LogP contribution in [-0.2, 0) is 13.1 Å². The van der Waals surface area contributed by atoms with E-state index in [0.29, 0.717) is 6.54 Å². The molecule has 1 atom stereocenters. The number of aromatic nitrogens is 2. The van der Waals surface area contributed by atoms with Gasteiger partial charge in [-0.25, -0.2) is 4.98 Å². The number of aryl methyl sites for hydroxylation is 1. The summed E-state index contributed by atoms with van der Waals surface area (Å²) in [6.07, 6.45) is 3.51. The Morgan fingerprint density at radius 1 is 1.65 bits per heavy atom. The van der Waals surface area contributed by atoms with Crippen molar-refractivity contribution >= 4 is 11.3 Å². The van der Waals surface area contributed by atoms with Gasteiger partial charge in [0.1, 0.15) is 6.04 Å². The van der Waals surface area contributed by atoms with Gasteiger partial charge in [-0.05, 0) is 18.4 Å². The summed E-state index contributed by atoms with van der Waals surface area (Å²) in [7, 11) is 0. The minimum absolute atomic E-state index is 0.306. The first-order valence-corrected chi connectivity index (χ1v) is 6.38. The SMILES string of the molecule is CCn1cncc1C(C#N)NCc1cccs1. The third kappa shape index (κ3) is 2.73. The molecule has 4 nitrogen and oxygen atoms in total. The lowest BCUT2D eigenvalue weighted by molar-refractivity contribution is 0.582. The van der Waals surface area contributed by atoms with Gasteiger partial charge in [-0.1, -0.05) is 6.07 Å². The summed E-state index contributed by atoms with van der Waals surface area (Å²) < 4.78 is 1.98. The van der Waals surface area contributed by atoms with Crippen molar-refractivity contribution in [3.63, 3.8) is 0 Å². The van der Waals surface area contributed by atoms with Gasteiger partial charge in [-0.15, -0.1) is 11.3 Å². The highest BCUT2D eigenvalue weighted by Gasteiger charge is 2.14. The number of nitriles is 1. The highest BCUT2D eigenvalue weighted by molar-refractivity contribution is 7.09. The summed E-state index contributed by atoms with van der Waals surface area (Å²) in [6, 6.07) is 6.04. The first-order valence-electron chi connectivity index (χ1n) is 5.50. The first-order chi connectivity index (χ1) is 8.35. The zero-order valence-electron chi connectivity index (χ0n) is 9.63. The van der Waals surface area contributed by atoms with Crippen LogP contribution in [0.25, 0.3) is 0 Å². The predicted molar refractivity (Wildman–Crippen MR) is 67.4 cm³/mol. The molecular formula is C12H14N4S. The molecule has 5 heteroatoms. The van der Waals surface area contributed by atoms with Crippen LogP contribution in [0.15, 0.2) is 30.0 Å². The lowest BCUT2D eigenvalue weighted by Crippen LogP contribution is -2.21. The summed E-state index contributed by atoms with van der Waals surface area (Å²) in [5, 5.41) is 14.5. The summed E-state index contributed by atoms with van der Waals surface area (Å²) in [4.78, 5) is 5.31. The number of hydrogen-bond acceptors (Lipinski definition) is 4. The molecule has 0 radical (unpaired) electrons. The Kier molecular flexibility index (Phi) is 3.91. The number of nitrogens with one attached hydrogen (secondary N) is 1. The third-order valence-electron chi connectivity index (χ3n) is 2.57. The molecule has 17 heavy (non-hydrogen) atoms. The van der Waals surface area contributed by atoms with Crippen LogP contribution in [-0.4, -0.2) is 9.55 Å². The lowest BCUT2D eigenvalue weighted by atomic mass is 10.2. The minimum atomic E-state index is -0.306. The second kappa shape index (κ2) is 5.62. The van der Waals surface area contributed by atoms with Crippen LogP contribution in [0, 0.1) is 11.3 Å². The van der Waals surface area contributed by atoms with E-state index in [4.69, 9.17) is 0 Å². The molecule has 0 saturated carbocycles. The van der Waals surface area contributed by atoms with Gasteiger partial charge in [0.2, 0.25) is 0 Å². The van der Waals surface area contributed by atoms with Crippen LogP contribution >= 0.6 is 11.3 Å². The third-order valence-corrected chi connectivity index (χ3v) is 3.45. The van der Waals surface area contributed by atoms with E-state index >= 15 is 0 Å². The van der Waals surface area contributed by atoms with Crippen molar-refractivity contribution < 1.29 is 0 Å². The number of thiophene rings is 1. The van der Waals surface area contributed by atoms with E-state index in [2.05, 4.69) is 22.4 Å². The maximum atomic E-state index is 9.20. The molecule has 0 saturated heterocycles. The molecule has 1 unspecified atom stereocenters. The lowest BCUT2D eigenvalue weighted by Gasteiger charge is -2.12. The molecule has 0 aliphatic heterocycles. The van der Waals surface area contributed by atoms with Crippen molar-refractivity contribution in [2.45, 2.75) is 26.1 Å². The summed E-state index contributed by atoms with van der Waals surface area (Å²) in [5.41, 5.74) is 0.923. The number of rotatable bonds is 5. The average molecular weight is 246 g/mol. The van der Waals surface area contributed by atoms with Crippen molar-refractivity contribution in [1.29, 1.82) is 5.26 Å². The van der Waals surface area contributed by atoms with E-state index in [1.165, 1.54) is 4.88 Å². The van der Waals surface area contributed by atoms with Gasteiger partial charge >= 0.3 is 0 Å². The van der Waals surface area contributed by atoms with Gasteiger partial charge in [0.25, 0.3) is 0 Å². The Morgan fingerprint density at radius 3 is 3.18 bits per heavy atom. The maximum absolute atomic E-state index is 9.20. The molecule has 0 amide bonds. The van der Waals surface area contributed by atoms with Gasteiger partial charge < -0.3 is 4.57 Å². The highest BCUT2D eigenvalue weighted by atomic mass is 32.1. The quantitative estimate of drug-likeness (QED) is 0.881. The van der Waals surface area contributed by atoms with Crippen molar-refractivity contribution in [1.82, 2.24) is 14.9 Å². The normalized spacial score (nSPS) is 12.2. The van der Waals surface area contributed by atoms with E-state index in [0.717, 1.165) is 12.2 Å². The molecule has 0 aliphatic carbocycles. The smallest absolute Gasteiger partial charge is 0.138 e. The van der Waals surface area contributed by atoms with Crippen LogP contribution in [0.1, 0.15) is 23.5 Å². The Morgan fingerprint density at radius 2 is 2.53 bits per heavy atom. The van der Waals surface area contributed by atoms with Crippen molar-refractivity contribution in [2.24, 2.45) is 0 Å². The van der Waals surface area contributed by atoms with Crippen LogP contribution in [0.2, 0.25) is 0 Å². The second-order valence-corrected chi connectivity index (χ2v) is 4.66. The van der Waals surface area contributed by atoms with E-state index < -0.39 is 0 Å². The molecular weight excluding hydrogens is 232 g/mol. The topological polar surface area (TPSA) is 53.6 Å². The van der Waals surface area contributed by atoms with Gasteiger partial charge in [-0.2, -0.15) is 5.26 Å². The molecule has 2 aromatic heterocycles. The zero-order chi connectivity index (χ0) is 12.1. The molecule has 0 spiro atoms. The standard InChI is InChI=1S/C12H14N4S/c1-2-16-9-14-8-12(16)11(6-13)15-7-10-4-3-5-17-10/h3-5,8-9,11,15H,2,7H2,1H3. The van der Waals surface area contributed by atoms with E-state index in [-0.39, 0.29) is 6.04 Å². The summed E-state index contributed by atoms with van der Waals surface area (Å²) in [5.74, 6) is 0. The molecule has 2 aromatic rings. The fourth-order valence-electron chi connectivity index (χ4n) is 1.67. The molecule has 0 aliphatic rings. The maximum Gasteiger partial charge on any atom is 0.138 e. The van der Waals surface area contributed by atoms with Gasteiger partial charge in [0, 0.05) is 18.0 Å². The van der Waals surface area contributed by atoms with Crippen molar-refractivity contribution in [3.8, 4) is 6.07 Å². The van der Waals surface area contributed by atoms with Gasteiger partial charge in [0.15, 0.2) is 0 Å². The highest BCUT2D eigenvalue weighted by Crippen LogP contribution is 2.14. The Labute approximate surface area is 105 Å². The predicted octanol–water partition coefficient (Wildman–Crippen LogP) is 2.32. The molecule has 0 fully saturated rings. The van der Waals surface area contributed by atoms with Crippen molar-refractivity contribution in [2.75, 3.05) is 0 Å². The van der Waals surface area contributed by atoms with Crippen molar-refractivity contribution in [3.05, 3.63) is 40.6 Å². The van der Waals surface area contributed by atoms with Crippen LogP contribution in [0.3, 0.4) is 0 Å². The Hall–Kier alpha value is -1.64. The molecule has 2 rings (SSSR count). The fourth-order valence-corrected chi connectivity index (χ4v) is 2.32. The molecule has 2 heterocycles. The number of hydrogen-bond donors (Lipinski definition) is 1. The fraction of sp³-hybridized carbons (Fsp3) is 0.333. The number of nitrogens with zero attached hydrogens (tertiary/aromatic N) is 3. The average Bonchev–Trinajstić information content (AvgIpc) is 3.00. The summed E-state index contributed by atoms with van der Waals surface area (Å²) in [6.45, 7) is 3.58. The van der Waals surface area contributed by atoms with Gasteiger partial charge in [0.05, 0.1) is 24.3 Å². The second-order valence-electron chi connectivity index (χ2n) is 3.63. The van der Waals surface area contributed by atoms with E-state index in [1.54, 1.807) is 23.9 Å². The van der Waals surface area contributed by atoms with Crippen LogP contribution in [0.5, 0.6) is 0 Å². The number of imidazole rings is 1. The Balaban J connectivity index is 2.05. The minimum Gasteiger partial charge on any atom is -0.333 e. The molecule has 88 valence electrons. The zero-order valence-corrected chi connectivity index (χ0v) is 10.4.